The summed E-state index contributed by atoms with van der Waals surface area (Å²) in [6, 6.07) is 6.03. The second-order valence-corrected chi connectivity index (χ2v) is 5.25. The highest BCUT2D eigenvalue weighted by atomic mass is 35.5. The van der Waals surface area contributed by atoms with Gasteiger partial charge >= 0.3 is 0 Å². The summed E-state index contributed by atoms with van der Waals surface area (Å²) in [4.78, 5) is 13.4. The zero-order chi connectivity index (χ0) is 13.3. The van der Waals surface area contributed by atoms with Crippen molar-refractivity contribution in [3.05, 3.63) is 28.8 Å². The molecule has 0 bridgehead atoms. The number of nitrogens with one attached hydrogen (secondary N) is 1. The van der Waals surface area contributed by atoms with E-state index in [1.54, 1.807) is 12.1 Å². The highest BCUT2D eigenvalue weighted by molar-refractivity contribution is 6.33. The number of amides is 1. The van der Waals surface area contributed by atoms with E-state index >= 15 is 0 Å². The number of piperazine rings is 1. The van der Waals surface area contributed by atoms with Crippen LogP contribution < -0.4 is 16.0 Å². The van der Waals surface area contributed by atoms with Crippen molar-refractivity contribution in [1.82, 2.24) is 5.32 Å². The number of benzene rings is 1. The molecule has 2 atom stereocenters. The smallest absolute Gasteiger partial charge is 0.248 e. The Labute approximate surface area is 112 Å². The first-order valence-corrected chi connectivity index (χ1v) is 6.46. The largest absolute Gasteiger partial charge is 0.366 e. The molecule has 0 radical (unpaired) electrons. The molecule has 2 unspecified atom stereocenters. The van der Waals surface area contributed by atoms with Gasteiger partial charge in [0.15, 0.2) is 0 Å². The third kappa shape index (κ3) is 2.60. The van der Waals surface area contributed by atoms with Crippen molar-refractivity contribution in [2.45, 2.75) is 25.9 Å². The number of primary amides is 1. The van der Waals surface area contributed by atoms with E-state index < -0.39 is 5.91 Å². The average molecular weight is 268 g/mol. The van der Waals surface area contributed by atoms with Crippen LogP contribution in [0.2, 0.25) is 5.02 Å². The third-order valence-electron chi connectivity index (χ3n) is 3.31. The van der Waals surface area contributed by atoms with E-state index in [2.05, 4.69) is 24.1 Å². The molecule has 18 heavy (non-hydrogen) atoms. The number of rotatable bonds is 2. The fourth-order valence-corrected chi connectivity index (χ4v) is 2.54. The summed E-state index contributed by atoms with van der Waals surface area (Å²) in [7, 11) is 0. The van der Waals surface area contributed by atoms with Crippen LogP contribution in [0.1, 0.15) is 24.2 Å². The fraction of sp³-hybridized carbons (Fsp3) is 0.462. The molecular formula is C13H18ClN3O. The third-order valence-corrected chi connectivity index (χ3v) is 3.61. The first kappa shape index (κ1) is 13.2. The normalized spacial score (nSPS) is 24.1. The van der Waals surface area contributed by atoms with Crippen molar-refractivity contribution in [2.24, 2.45) is 5.73 Å². The second-order valence-electron chi connectivity index (χ2n) is 4.84. The Morgan fingerprint density at radius 1 is 1.50 bits per heavy atom. The summed E-state index contributed by atoms with van der Waals surface area (Å²) < 4.78 is 0. The molecule has 1 aromatic rings. The SMILES string of the molecule is CC1CN(c2ccc(C(N)=O)cc2Cl)C(C)CN1. The van der Waals surface area contributed by atoms with Crippen molar-refractivity contribution >= 4 is 23.2 Å². The molecule has 0 aromatic heterocycles. The van der Waals surface area contributed by atoms with Crippen LogP contribution in [0.4, 0.5) is 5.69 Å². The van der Waals surface area contributed by atoms with E-state index in [-0.39, 0.29) is 0 Å². The minimum Gasteiger partial charge on any atom is -0.366 e. The Morgan fingerprint density at radius 3 is 2.83 bits per heavy atom. The molecular weight excluding hydrogens is 250 g/mol. The monoisotopic (exact) mass is 267 g/mol. The van der Waals surface area contributed by atoms with Gasteiger partial charge in [-0.3, -0.25) is 4.79 Å². The van der Waals surface area contributed by atoms with Crippen molar-refractivity contribution in [3.8, 4) is 0 Å². The van der Waals surface area contributed by atoms with Crippen LogP contribution in [-0.2, 0) is 0 Å². The van der Waals surface area contributed by atoms with Crippen molar-refractivity contribution in [1.29, 1.82) is 0 Å². The molecule has 0 spiro atoms. The summed E-state index contributed by atoms with van der Waals surface area (Å²) in [6.07, 6.45) is 0. The lowest BCUT2D eigenvalue weighted by atomic mass is 10.1. The molecule has 5 heteroatoms. The Hall–Kier alpha value is -1.26. The Balaban J connectivity index is 2.30. The number of carbonyl (C=O) groups excluding carboxylic acids is 1. The Kier molecular flexibility index (Phi) is 3.78. The van der Waals surface area contributed by atoms with Crippen LogP contribution in [0.5, 0.6) is 0 Å². The minimum absolute atomic E-state index is 0.373. The summed E-state index contributed by atoms with van der Waals surface area (Å²) in [5.41, 5.74) is 6.64. The molecule has 1 fully saturated rings. The maximum absolute atomic E-state index is 11.1. The van der Waals surface area contributed by atoms with Gasteiger partial charge in [-0.25, -0.2) is 0 Å². The number of hydrogen-bond acceptors (Lipinski definition) is 3. The molecule has 98 valence electrons. The van der Waals surface area contributed by atoms with Gasteiger partial charge in [-0.15, -0.1) is 0 Å². The van der Waals surface area contributed by atoms with E-state index in [9.17, 15) is 4.79 Å². The maximum Gasteiger partial charge on any atom is 0.248 e. The topological polar surface area (TPSA) is 58.4 Å². The number of carbonyl (C=O) groups is 1. The Morgan fingerprint density at radius 2 is 2.22 bits per heavy atom. The first-order chi connectivity index (χ1) is 8.49. The van der Waals surface area contributed by atoms with Crippen molar-refractivity contribution in [3.63, 3.8) is 0 Å². The average Bonchev–Trinajstić information content (AvgIpc) is 2.32. The quantitative estimate of drug-likeness (QED) is 0.856. The molecule has 1 heterocycles. The van der Waals surface area contributed by atoms with E-state index in [1.807, 2.05) is 6.07 Å². The predicted octanol–water partition coefficient (Wildman–Crippen LogP) is 1.63. The van der Waals surface area contributed by atoms with Crippen molar-refractivity contribution in [2.75, 3.05) is 18.0 Å². The van der Waals surface area contributed by atoms with Crippen LogP contribution in [-0.4, -0.2) is 31.1 Å². The standard InChI is InChI=1S/C13H18ClN3O/c1-8-7-17(9(2)6-16-8)12-4-3-10(13(15)18)5-11(12)14/h3-5,8-9,16H,6-7H2,1-2H3,(H2,15,18). The van der Waals surface area contributed by atoms with Gasteiger partial charge in [0.25, 0.3) is 0 Å². The summed E-state index contributed by atoms with van der Waals surface area (Å²) in [5, 5.41) is 4.00. The Bertz CT molecular complexity index is 464. The highest BCUT2D eigenvalue weighted by Crippen LogP contribution is 2.29. The number of nitrogens with two attached hydrogens (primary N) is 1. The molecule has 1 saturated heterocycles. The van der Waals surface area contributed by atoms with E-state index in [4.69, 9.17) is 17.3 Å². The van der Waals surface area contributed by atoms with E-state index in [1.165, 1.54) is 0 Å². The van der Waals surface area contributed by atoms with Crippen LogP contribution >= 0.6 is 11.6 Å². The van der Waals surface area contributed by atoms with Gasteiger partial charge in [0.2, 0.25) is 5.91 Å². The van der Waals surface area contributed by atoms with E-state index in [0.29, 0.717) is 22.7 Å². The summed E-state index contributed by atoms with van der Waals surface area (Å²) in [5.74, 6) is -0.454. The van der Waals surface area contributed by atoms with Gasteiger partial charge in [0.05, 0.1) is 10.7 Å². The summed E-state index contributed by atoms with van der Waals surface area (Å²) >= 11 is 6.25. The number of nitrogens with zero attached hydrogens (tertiary/aromatic N) is 1. The number of hydrogen-bond donors (Lipinski definition) is 2. The molecule has 1 aliphatic rings. The molecule has 4 nitrogen and oxygen atoms in total. The van der Waals surface area contributed by atoms with Crippen LogP contribution in [0, 0.1) is 0 Å². The van der Waals surface area contributed by atoms with Gasteiger partial charge in [0.1, 0.15) is 0 Å². The fourth-order valence-electron chi connectivity index (χ4n) is 2.25. The van der Waals surface area contributed by atoms with Crippen LogP contribution in [0.25, 0.3) is 0 Å². The van der Waals surface area contributed by atoms with Gasteiger partial charge in [-0.2, -0.15) is 0 Å². The number of anilines is 1. The van der Waals surface area contributed by atoms with Crippen LogP contribution in [0.15, 0.2) is 18.2 Å². The molecule has 2 rings (SSSR count). The van der Waals surface area contributed by atoms with Crippen LogP contribution in [0.3, 0.4) is 0 Å². The maximum atomic E-state index is 11.1. The molecule has 1 aromatic carbocycles. The molecule has 1 aliphatic heterocycles. The second kappa shape index (κ2) is 5.16. The van der Waals surface area contributed by atoms with Crippen molar-refractivity contribution < 1.29 is 4.79 Å². The molecule has 1 amide bonds. The van der Waals surface area contributed by atoms with Gasteiger partial charge in [-0.05, 0) is 32.0 Å². The minimum atomic E-state index is -0.454. The number of halogens is 1. The first-order valence-electron chi connectivity index (χ1n) is 6.08. The lowest BCUT2D eigenvalue weighted by molar-refractivity contribution is 0.100. The zero-order valence-electron chi connectivity index (χ0n) is 10.6. The van der Waals surface area contributed by atoms with Gasteiger partial charge in [0, 0.05) is 30.7 Å². The highest BCUT2D eigenvalue weighted by Gasteiger charge is 2.24. The van der Waals surface area contributed by atoms with E-state index in [0.717, 1.165) is 18.8 Å². The lowest BCUT2D eigenvalue weighted by Crippen LogP contribution is -2.54. The van der Waals surface area contributed by atoms with Gasteiger partial charge in [-0.1, -0.05) is 11.6 Å². The molecule has 3 N–H and O–H groups in total. The summed E-state index contributed by atoms with van der Waals surface area (Å²) in [6.45, 7) is 6.12. The predicted molar refractivity (Wildman–Crippen MR) is 74.2 cm³/mol. The van der Waals surface area contributed by atoms with Gasteiger partial charge < -0.3 is 16.0 Å². The lowest BCUT2D eigenvalue weighted by Gasteiger charge is -2.39. The molecule has 0 saturated carbocycles. The zero-order valence-corrected chi connectivity index (χ0v) is 11.4. The molecule has 0 aliphatic carbocycles.